The Labute approximate surface area is 57.2 Å². The van der Waals surface area contributed by atoms with Gasteiger partial charge in [-0.2, -0.15) is 23.4 Å². The predicted octanol–water partition coefficient (Wildman–Crippen LogP) is 0.166. The first-order chi connectivity index (χ1) is 0. The summed E-state index contributed by atoms with van der Waals surface area (Å²) in [5, 5.41) is 0. The zero-order valence-electron chi connectivity index (χ0n) is 1.93. The molecule has 0 nitrogen and oxygen atoms in total. The van der Waals surface area contributed by atoms with Gasteiger partial charge in [-0.1, -0.05) is 0 Å². The molecule has 1 atom stereocenters. The summed E-state index contributed by atoms with van der Waals surface area (Å²) in [6, 6.07) is 0. The van der Waals surface area contributed by atoms with Crippen LogP contribution in [0.4, 0.5) is 0 Å². The van der Waals surface area contributed by atoms with E-state index in [0.717, 1.165) is 0 Å². The molecule has 0 spiro atoms. The van der Waals surface area contributed by atoms with Gasteiger partial charge in [0.15, 0.2) is 0 Å². The van der Waals surface area contributed by atoms with Crippen molar-refractivity contribution in [3.63, 3.8) is 0 Å². The van der Waals surface area contributed by atoms with Gasteiger partial charge in [0.1, 0.15) is 0 Å². The molecule has 0 radical (unpaired) electrons. The Morgan fingerprint density at radius 1 is 1.00 bits per heavy atom. The average Bonchev–Trinajstić information content (AvgIpc) is 0. The first-order valence-electron chi connectivity index (χ1n) is 0. The van der Waals surface area contributed by atoms with Crippen LogP contribution in [0.3, 0.4) is 0 Å². The summed E-state index contributed by atoms with van der Waals surface area (Å²) >= 11 is 0. The molecule has 0 aromatic rings. The van der Waals surface area contributed by atoms with Gasteiger partial charge in [0.25, 0.3) is 0 Å². The molecule has 0 aliphatic carbocycles. The van der Waals surface area contributed by atoms with Crippen LogP contribution in [-0.4, -0.2) is 0 Å². The molecule has 0 bridgehead atoms. The van der Waals surface area contributed by atoms with E-state index in [-0.39, 0.29) is 57.2 Å². The van der Waals surface area contributed by atoms with Crippen LogP contribution in [0.5, 0.6) is 0 Å². The molecular formula is H5CrNiPS. The Kier molecular flexibility index (Phi) is 219. The van der Waals surface area contributed by atoms with Crippen molar-refractivity contribution < 1.29 is 33.9 Å². The second-order valence-corrected chi connectivity index (χ2v) is 0. The van der Waals surface area contributed by atoms with E-state index in [2.05, 4.69) is 0 Å². The summed E-state index contributed by atoms with van der Waals surface area (Å²) in [7, 11) is 0. The molecule has 0 aromatic heterocycles. The van der Waals surface area contributed by atoms with E-state index >= 15 is 0 Å². The van der Waals surface area contributed by atoms with Crippen LogP contribution in [0.15, 0.2) is 0 Å². The molecule has 0 aliphatic heterocycles. The van der Waals surface area contributed by atoms with Crippen molar-refractivity contribution >= 4 is 23.4 Å². The van der Waals surface area contributed by atoms with Crippen LogP contribution in [0.2, 0.25) is 0 Å². The van der Waals surface area contributed by atoms with E-state index in [9.17, 15) is 0 Å². The van der Waals surface area contributed by atoms with Crippen molar-refractivity contribution in [3.8, 4) is 0 Å². The molecule has 0 rings (SSSR count). The van der Waals surface area contributed by atoms with E-state index in [1.807, 2.05) is 0 Å². The zero-order chi connectivity index (χ0) is 0. The van der Waals surface area contributed by atoms with E-state index in [0.29, 0.717) is 0 Å². The fraction of sp³-hybridized carbons (Fsp3) is 0. The van der Waals surface area contributed by atoms with Crippen LogP contribution in [0, 0.1) is 0 Å². The van der Waals surface area contributed by atoms with Crippen molar-refractivity contribution in [1.82, 2.24) is 0 Å². The van der Waals surface area contributed by atoms with Crippen molar-refractivity contribution in [2.45, 2.75) is 0 Å². The normalized spacial score (nSPS) is 0. The first-order valence-corrected chi connectivity index (χ1v) is 0. The quantitative estimate of drug-likeness (QED) is 0.367. The minimum atomic E-state index is 0. The molecule has 32 valence electrons. The summed E-state index contributed by atoms with van der Waals surface area (Å²) in [6.07, 6.45) is 0. The second kappa shape index (κ2) is 21.3. The Hall–Kier alpha value is 1.81. The van der Waals surface area contributed by atoms with Gasteiger partial charge in [-0.25, -0.2) is 0 Å². The number of hydrogen-bond donors (Lipinski definition) is 0. The van der Waals surface area contributed by atoms with Gasteiger partial charge in [0.2, 0.25) is 0 Å². The molecule has 0 saturated heterocycles. The third-order valence-corrected chi connectivity index (χ3v) is 0. The molecule has 4 heavy (non-hydrogen) atoms. The Balaban J connectivity index is 0. The van der Waals surface area contributed by atoms with Gasteiger partial charge in [0.05, 0.1) is 0 Å². The molecule has 4 heteroatoms. The van der Waals surface area contributed by atoms with Gasteiger partial charge in [-0.15, -0.1) is 0 Å². The second-order valence-electron chi connectivity index (χ2n) is 0. The number of rotatable bonds is 0. The van der Waals surface area contributed by atoms with Crippen LogP contribution >= 0.6 is 23.4 Å². The van der Waals surface area contributed by atoms with Gasteiger partial charge < -0.3 is 0 Å². The standard InChI is InChI=1S/Cr.Ni.H3P.H2S/h;;1H3;1H2. The summed E-state index contributed by atoms with van der Waals surface area (Å²) in [6.45, 7) is 0. The number of hydrogen-bond acceptors (Lipinski definition) is 0. The molecule has 0 fully saturated rings. The van der Waals surface area contributed by atoms with Gasteiger partial charge in [-0.05, 0) is 0 Å². The minimum absolute atomic E-state index is 0. The van der Waals surface area contributed by atoms with Crippen molar-refractivity contribution in [2.24, 2.45) is 0 Å². The van der Waals surface area contributed by atoms with Crippen LogP contribution < -0.4 is 0 Å². The van der Waals surface area contributed by atoms with Crippen LogP contribution in [0.1, 0.15) is 0 Å². The molecule has 0 amide bonds. The van der Waals surface area contributed by atoms with E-state index in [4.69, 9.17) is 0 Å². The molecule has 0 N–H and O–H groups in total. The van der Waals surface area contributed by atoms with E-state index in [1.54, 1.807) is 0 Å². The molecule has 0 aromatic carbocycles. The van der Waals surface area contributed by atoms with Gasteiger partial charge >= 0.3 is 0 Å². The van der Waals surface area contributed by atoms with Crippen molar-refractivity contribution in [3.05, 3.63) is 0 Å². The molecule has 0 saturated carbocycles. The smallest absolute Gasteiger partial charge is 0 e. The van der Waals surface area contributed by atoms with Crippen molar-refractivity contribution in [2.75, 3.05) is 0 Å². The van der Waals surface area contributed by atoms with Gasteiger partial charge in [-0.3, -0.25) is 0 Å². The first kappa shape index (κ1) is 41.1. The Morgan fingerprint density at radius 3 is 1.00 bits per heavy atom. The SMILES string of the molecule is P.S.[Cr].[Ni]. The van der Waals surface area contributed by atoms with Crippen molar-refractivity contribution in [1.29, 1.82) is 0 Å². The topological polar surface area (TPSA) is 0 Å². The van der Waals surface area contributed by atoms with Crippen LogP contribution in [0.25, 0.3) is 0 Å². The monoisotopic (exact) mass is 178 g/mol. The van der Waals surface area contributed by atoms with Crippen LogP contribution in [-0.2, 0) is 33.9 Å². The molecule has 0 aliphatic rings. The fourth-order valence-electron chi connectivity index (χ4n) is 0. The minimum Gasteiger partial charge on any atom is -0.197 e. The summed E-state index contributed by atoms with van der Waals surface area (Å²) in [5.41, 5.74) is 0. The molecular weight excluding hydrogens is 174 g/mol. The Bertz CT molecular complexity index is 8.00. The largest absolute Gasteiger partial charge is 0.197 e. The molecule has 0 heterocycles. The third kappa shape index (κ3) is 9.19. The van der Waals surface area contributed by atoms with E-state index < -0.39 is 0 Å². The van der Waals surface area contributed by atoms with Gasteiger partial charge in [0, 0.05) is 33.9 Å². The maximum atomic E-state index is 0. The summed E-state index contributed by atoms with van der Waals surface area (Å²) < 4.78 is 0. The average molecular weight is 179 g/mol. The third-order valence-electron chi connectivity index (χ3n) is 0. The maximum Gasteiger partial charge on any atom is 0 e. The predicted molar refractivity (Wildman–Crippen MR) is 21.5 cm³/mol. The Morgan fingerprint density at radius 2 is 1.00 bits per heavy atom. The fourth-order valence-corrected chi connectivity index (χ4v) is 0. The zero-order valence-corrected chi connectivity index (χ0v) is 6.61. The molecule has 1 unspecified atom stereocenters. The summed E-state index contributed by atoms with van der Waals surface area (Å²) in [5.74, 6) is 0. The van der Waals surface area contributed by atoms with E-state index in [1.165, 1.54) is 0 Å². The summed E-state index contributed by atoms with van der Waals surface area (Å²) in [4.78, 5) is 0. The maximum absolute atomic E-state index is 0.